The van der Waals surface area contributed by atoms with E-state index in [9.17, 15) is 9.59 Å². The minimum atomic E-state index is -0.189. The number of fused-ring (bicyclic) bond motifs is 1. The van der Waals surface area contributed by atoms with Crippen LogP contribution in [0.4, 0.5) is 16.3 Å². The van der Waals surface area contributed by atoms with Crippen molar-refractivity contribution >= 4 is 23.4 Å². The largest absolute Gasteiger partial charge is 0.343 e. The van der Waals surface area contributed by atoms with E-state index in [0.29, 0.717) is 24.6 Å². The van der Waals surface area contributed by atoms with Crippen LogP contribution in [0.25, 0.3) is 0 Å². The number of urea groups is 1. The predicted octanol–water partition coefficient (Wildman–Crippen LogP) is 2.73. The lowest BCUT2D eigenvalue weighted by Crippen LogP contribution is -2.59. The Balaban J connectivity index is 2.39. The van der Waals surface area contributed by atoms with Crippen LogP contribution in [0, 0.1) is 0 Å². The summed E-state index contributed by atoms with van der Waals surface area (Å²) >= 11 is 0. The van der Waals surface area contributed by atoms with E-state index in [1.54, 1.807) is 17.3 Å². The molecule has 1 aromatic rings. The first-order chi connectivity index (χ1) is 11.8. The van der Waals surface area contributed by atoms with Crippen LogP contribution in [0.15, 0.2) is 18.3 Å². The Morgan fingerprint density at radius 1 is 1.12 bits per heavy atom. The van der Waals surface area contributed by atoms with Crippen molar-refractivity contribution in [2.75, 3.05) is 29.5 Å². The summed E-state index contributed by atoms with van der Waals surface area (Å²) in [5.74, 6) is 0.647. The minimum Gasteiger partial charge on any atom is -0.336 e. The molecule has 3 amide bonds. The summed E-state index contributed by atoms with van der Waals surface area (Å²) in [5.41, 5.74) is 0.680. The van der Waals surface area contributed by atoms with Gasteiger partial charge in [-0.25, -0.2) is 14.8 Å². The average Bonchev–Trinajstić information content (AvgIpc) is 2.56. The number of amides is 3. The van der Waals surface area contributed by atoms with E-state index in [1.165, 1.54) is 4.90 Å². The number of nitrogens with zero attached hydrogens (tertiary/aromatic N) is 5. The monoisotopic (exact) mass is 347 g/mol. The van der Waals surface area contributed by atoms with Gasteiger partial charge in [0.05, 0.1) is 5.69 Å². The number of anilines is 2. The molecule has 138 valence electrons. The van der Waals surface area contributed by atoms with Crippen LogP contribution in [0.5, 0.6) is 0 Å². The third kappa shape index (κ3) is 3.55. The first kappa shape index (κ1) is 19.0. The van der Waals surface area contributed by atoms with Crippen molar-refractivity contribution in [3.63, 3.8) is 0 Å². The number of hydrogen-bond acceptors (Lipinski definition) is 4. The molecule has 0 saturated carbocycles. The summed E-state index contributed by atoms with van der Waals surface area (Å²) < 4.78 is 0. The van der Waals surface area contributed by atoms with Crippen LogP contribution in [0.2, 0.25) is 0 Å². The SMILES string of the molecule is CCN1C(=O)N(CC(=O)N(C(C)C)C(C)C)c2cccnc2N1CC. The molecule has 1 aliphatic heterocycles. The second kappa shape index (κ2) is 7.72. The summed E-state index contributed by atoms with van der Waals surface area (Å²) in [7, 11) is 0. The molecule has 1 aromatic heterocycles. The molecular formula is C18H29N5O2. The molecule has 7 heteroatoms. The van der Waals surface area contributed by atoms with Crippen LogP contribution >= 0.6 is 0 Å². The Hall–Kier alpha value is -2.31. The van der Waals surface area contributed by atoms with Gasteiger partial charge in [0.1, 0.15) is 6.54 Å². The van der Waals surface area contributed by atoms with Crippen LogP contribution < -0.4 is 9.91 Å². The third-order valence-corrected chi connectivity index (χ3v) is 4.34. The second-order valence-electron chi connectivity index (χ2n) is 6.63. The van der Waals surface area contributed by atoms with Crippen molar-refractivity contribution in [3.8, 4) is 0 Å². The molecule has 7 nitrogen and oxygen atoms in total. The summed E-state index contributed by atoms with van der Waals surface area (Å²) in [6, 6.07) is 3.61. The number of hydrogen-bond donors (Lipinski definition) is 0. The smallest absolute Gasteiger partial charge is 0.336 e. The Labute approximate surface area is 150 Å². The maximum absolute atomic E-state index is 13.0. The van der Waals surface area contributed by atoms with Gasteiger partial charge in [0.15, 0.2) is 5.82 Å². The number of pyridine rings is 1. The quantitative estimate of drug-likeness (QED) is 0.794. The fraction of sp³-hybridized carbons (Fsp3) is 0.611. The van der Waals surface area contributed by atoms with Gasteiger partial charge >= 0.3 is 6.03 Å². The Kier molecular flexibility index (Phi) is 5.87. The minimum absolute atomic E-state index is 0.0158. The van der Waals surface area contributed by atoms with Gasteiger partial charge in [0.25, 0.3) is 0 Å². The second-order valence-corrected chi connectivity index (χ2v) is 6.63. The van der Waals surface area contributed by atoms with Crippen LogP contribution in [0.3, 0.4) is 0 Å². The number of rotatable bonds is 6. The normalized spacial score (nSPS) is 14.4. The van der Waals surface area contributed by atoms with Crippen molar-refractivity contribution in [1.82, 2.24) is 14.9 Å². The number of hydrazine groups is 1. The van der Waals surface area contributed by atoms with Crippen molar-refractivity contribution in [3.05, 3.63) is 18.3 Å². The fourth-order valence-corrected chi connectivity index (χ4v) is 3.43. The highest BCUT2D eigenvalue weighted by molar-refractivity contribution is 6.03. The van der Waals surface area contributed by atoms with E-state index in [4.69, 9.17) is 0 Å². The zero-order valence-electron chi connectivity index (χ0n) is 16.1. The first-order valence-corrected chi connectivity index (χ1v) is 8.96. The maximum atomic E-state index is 13.0. The standard InChI is InChI=1S/C18H29N5O2/c1-7-21-17-15(10-9-11-19-17)20(18(25)22(21)8-2)12-16(24)23(13(3)4)14(5)6/h9-11,13-14H,7-8,12H2,1-6H3. The van der Waals surface area contributed by atoms with Crippen molar-refractivity contribution < 1.29 is 9.59 Å². The van der Waals surface area contributed by atoms with Gasteiger partial charge in [-0.3, -0.25) is 14.7 Å². The maximum Gasteiger partial charge on any atom is 0.343 e. The lowest BCUT2D eigenvalue weighted by molar-refractivity contribution is -0.133. The van der Waals surface area contributed by atoms with Crippen LogP contribution in [0.1, 0.15) is 41.5 Å². The van der Waals surface area contributed by atoms with Gasteiger partial charge in [-0.15, -0.1) is 0 Å². The molecule has 0 spiro atoms. The molecular weight excluding hydrogens is 318 g/mol. The zero-order valence-corrected chi connectivity index (χ0v) is 16.1. The van der Waals surface area contributed by atoms with E-state index in [-0.39, 0.29) is 30.6 Å². The highest BCUT2D eigenvalue weighted by Crippen LogP contribution is 2.33. The van der Waals surface area contributed by atoms with Gasteiger partial charge in [-0.05, 0) is 53.7 Å². The van der Waals surface area contributed by atoms with Crippen LogP contribution in [-0.4, -0.2) is 58.5 Å². The Morgan fingerprint density at radius 3 is 2.24 bits per heavy atom. The van der Waals surface area contributed by atoms with Gasteiger partial charge in [0.2, 0.25) is 5.91 Å². The van der Waals surface area contributed by atoms with E-state index in [0.717, 1.165) is 0 Å². The Bertz CT molecular complexity index is 624. The molecule has 0 radical (unpaired) electrons. The predicted molar refractivity (Wildman–Crippen MR) is 99.5 cm³/mol. The molecule has 2 rings (SSSR count). The molecule has 0 fully saturated rings. The van der Waals surface area contributed by atoms with E-state index in [2.05, 4.69) is 4.98 Å². The summed E-state index contributed by atoms with van der Waals surface area (Å²) in [4.78, 5) is 33.7. The highest BCUT2D eigenvalue weighted by atomic mass is 16.2. The summed E-state index contributed by atoms with van der Waals surface area (Å²) in [6.07, 6.45) is 1.71. The van der Waals surface area contributed by atoms with E-state index in [1.807, 2.05) is 57.5 Å². The average molecular weight is 347 g/mol. The van der Waals surface area contributed by atoms with Gasteiger partial charge < -0.3 is 4.90 Å². The molecule has 0 atom stereocenters. The first-order valence-electron chi connectivity index (χ1n) is 8.96. The van der Waals surface area contributed by atoms with Gasteiger partial charge in [-0.1, -0.05) is 0 Å². The van der Waals surface area contributed by atoms with Crippen LogP contribution in [-0.2, 0) is 4.79 Å². The summed E-state index contributed by atoms with van der Waals surface area (Å²) in [6.45, 7) is 13.0. The van der Waals surface area contributed by atoms with Crippen molar-refractivity contribution in [2.24, 2.45) is 0 Å². The molecule has 0 N–H and O–H groups in total. The lowest BCUT2D eigenvalue weighted by Gasteiger charge is -2.44. The Morgan fingerprint density at radius 2 is 1.72 bits per heavy atom. The number of carbonyl (C=O) groups excluding carboxylic acids is 2. The third-order valence-electron chi connectivity index (χ3n) is 4.34. The fourth-order valence-electron chi connectivity index (χ4n) is 3.43. The lowest BCUT2D eigenvalue weighted by atomic mass is 10.2. The zero-order chi connectivity index (χ0) is 18.7. The number of aromatic nitrogens is 1. The topological polar surface area (TPSA) is 60.0 Å². The molecule has 2 heterocycles. The molecule has 0 aliphatic carbocycles. The van der Waals surface area contributed by atoms with Crippen molar-refractivity contribution in [2.45, 2.75) is 53.6 Å². The molecule has 0 bridgehead atoms. The number of carbonyl (C=O) groups is 2. The van der Waals surface area contributed by atoms with Gasteiger partial charge in [0, 0.05) is 31.4 Å². The van der Waals surface area contributed by atoms with Crippen molar-refractivity contribution in [1.29, 1.82) is 0 Å². The van der Waals surface area contributed by atoms with E-state index >= 15 is 0 Å². The summed E-state index contributed by atoms with van der Waals surface area (Å²) in [5, 5.41) is 3.50. The highest BCUT2D eigenvalue weighted by Gasteiger charge is 2.37. The van der Waals surface area contributed by atoms with E-state index < -0.39 is 0 Å². The van der Waals surface area contributed by atoms with Gasteiger partial charge in [-0.2, -0.15) is 0 Å². The molecule has 0 unspecified atom stereocenters. The molecule has 1 aliphatic rings. The molecule has 25 heavy (non-hydrogen) atoms. The molecule has 0 aromatic carbocycles. The molecule has 0 saturated heterocycles.